The molecule has 2 fully saturated rings. The molecule has 0 atom stereocenters. The van der Waals surface area contributed by atoms with Crippen molar-refractivity contribution in [3.63, 3.8) is 0 Å². The Kier molecular flexibility index (Phi) is 4.18. The second kappa shape index (κ2) is 6.07. The smallest absolute Gasteiger partial charge is 0.247 e. The van der Waals surface area contributed by atoms with Crippen LogP contribution in [0.2, 0.25) is 5.15 Å². The van der Waals surface area contributed by atoms with Gasteiger partial charge in [0.25, 0.3) is 0 Å². The van der Waals surface area contributed by atoms with Gasteiger partial charge >= 0.3 is 0 Å². The number of halogens is 1. The molecule has 2 N–H and O–H groups in total. The fourth-order valence-electron chi connectivity index (χ4n) is 2.79. The summed E-state index contributed by atoms with van der Waals surface area (Å²) in [6.07, 6.45) is 2.26. The lowest BCUT2D eigenvalue weighted by Gasteiger charge is -2.40. The number of nitrogen functional groups attached to an aromatic ring is 1. The van der Waals surface area contributed by atoms with Crippen LogP contribution in [-0.2, 0) is 4.74 Å². The number of nitrogens with zero attached hydrogens (tertiary/aromatic N) is 5. The van der Waals surface area contributed by atoms with Gasteiger partial charge in [-0.25, -0.2) is 0 Å². The predicted molar refractivity (Wildman–Crippen MR) is 76.9 cm³/mol. The minimum absolute atomic E-state index is 0.162. The third-order valence-electron chi connectivity index (χ3n) is 3.96. The molecule has 20 heavy (non-hydrogen) atoms. The van der Waals surface area contributed by atoms with Gasteiger partial charge < -0.3 is 15.4 Å². The van der Waals surface area contributed by atoms with Crippen molar-refractivity contribution in [1.29, 1.82) is 0 Å². The first kappa shape index (κ1) is 13.8. The molecule has 2 aliphatic heterocycles. The van der Waals surface area contributed by atoms with E-state index < -0.39 is 0 Å². The molecule has 3 rings (SSSR count). The molecular weight excluding hydrogens is 280 g/mol. The minimum Gasteiger partial charge on any atom is -0.381 e. The Hall–Kier alpha value is -1.18. The summed E-state index contributed by atoms with van der Waals surface area (Å²) in [6.45, 7) is 5.56. The van der Waals surface area contributed by atoms with Crippen molar-refractivity contribution in [1.82, 2.24) is 20.1 Å². The second-order valence-corrected chi connectivity index (χ2v) is 5.51. The van der Waals surface area contributed by atoms with Crippen LogP contribution in [0.4, 0.5) is 11.8 Å². The number of hydrogen-bond donors (Lipinski definition) is 1. The van der Waals surface area contributed by atoms with Crippen molar-refractivity contribution in [2.45, 2.75) is 18.9 Å². The molecule has 3 heterocycles. The predicted octanol–water partition coefficient (Wildman–Crippen LogP) is 0.408. The van der Waals surface area contributed by atoms with Crippen LogP contribution < -0.4 is 10.6 Å². The van der Waals surface area contributed by atoms with E-state index >= 15 is 0 Å². The molecule has 1 aromatic heterocycles. The Bertz CT molecular complexity index is 459. The second-order valence-electron chi connectivity index (χ2n) is 5.15. The number of nitrogens with two attached hydrogens (primary N) is 1. The van der Waals surface area contributed by atoms with E-state index in [0.29, 0.717) is 12.0 Å². The molecule has 7 nitrogen and oxygen atoms in total. The maximum absolute atomic E-state index is 5.74. The molecule has 8 heteroatoms. The Labute approximate surface area is 123 Å². The molecule has 110 valence electrons. The SMILES string of the molecule is Nc1nc(N2CCN(C3CCOCC3)CC2)nnc1Cl. The van der Waals surface area contributed by atoms with Crippen LogP contribution in [0.3, 0.4) is 0 Å². The first-order valence-electron chi connectivity index (χ1n) is 6.96. The van der Waals surface area contributed by atoms with Crippen molar-refractivity contribution >= 4 is 23.4 Å². The van der Waals surface area contributed by atoms with Crippen LogP contribution in [0, 0.1) is 0 Å². The van der Waals surface area contributed by atoms with Crippen LogP contribution in [-0.4, -0.2) is 65.5 Å². The van der Waals surface area contributed by atoms with Crippen molar-refractivity contribution in [2.75, 3.05) is 50.0 Å². The van der Waals surface area contributed by atoms with Crippen LogP contribution in [0.5, 0.6) is 0 Å². The summed E-state index contributed by atoms with van der Waals surface area (Å²) in [5, 5.41) is 8.00. The topological polar surface area (TPSA) is 80.4 Å². The molecule has 2 saturated heterocycles. The van der Waals surface area contributed by atoms with Gasteiger partial charge in [-0.2, -0.15) is 4.98 Å². The lowest BCUT2D eigenvalue weighted by atomic mass is 10.1. The molecule has 0 aromatic carbocycles. The van der Waals surface area contributed by atoms with E-state index in [2.05, 4.69) is 25.0 Å². The highest BCUT2D eigenvalue weighted by Gasteiger charge is 2.26. The van der Waals surface area contributed by atoms with Gasteiger partial charge in [-0.1, -0.05) is 11.6 Å². The van der Waals surface area contributed by atoms with Gasteiger partial charge in [0.15, 0.2) is 11.0 Å². The van der Waals surface area contributed by atoms with Crippen LogP contribution in [0.15, 0.2) is 0 Å². The lowest BCUT2D eigenvalue weighted by molar-refractivity contribution is 0.0320. The van der Waals surface area contributed by atoms with Crippen molar-refractivity contribution in [3.05, 3.63) is 5.15 Å². The van der Waals surface area contributed by atoms with Gasteiger partial charge in [0.05, 0.1) is 0 Å². The number of rotatable bonds is 2. The first-order chi connectivity index (χ1) is 9.74. The van der Waals surface area contributed by atoms with E-state index in [0.717, 1.165) is 52.2 Å². The van der Waals surface area contributed by atoms with Gasteiger partial charge in [0.1, 0.15) is 0 Å². The Morgan fingerprint density at radius 2 is 1.80 bits per heavy atom. The number of anilines is 2. The average Bonchev–Trinajstić information content (AvgIpc) is 2.51. The van der Waals surface area contributed by atoms with Gasteiger partial charge in [-0.15, -0.1) is 10.2 Å². The van der Waals surface area contributed by atoms with Gasteiger partial charge in [-0.3, -0.25) is 4.90 Å². The summed E-state index contributed by atoms with van der Waals surface area (Å²) in [6, 6.07) is 0.653. The number of ether oxygens (including phenoxy) is 1. The fraction of sp³-hybridized carbons (Fsp3) is 0.750. The van der Waals surface area contributed by atoms with Crippen molar-refractivity contribution < 1.29 is 4.74 Å². The zero-order valence-electron chi connectivity index (χ0n) is 11.3. The summed E-state index contributed by atoms with van der Waals surface area (Å²) < 4.78 is 5.41. The molecule has 0 spiro atoms. The summed E-state index contributed by atoms with van der Waals surface area (Å²) in [7, 11) is 0. The third-order valence-corrected chi connectivity index (χ3v) is 4.23. The maximum atomic E-state index is 5.74. The molecule has 0 aliphatic carbocycles. The highest BCUT2D eigenvalue weighted by molar-refractivity contribution is 6.31. The fourth-order valence-corrected chi connectivity index (χ4v) is 2.87. The molecule has 0 saturated carbocycles. The number of aromatic nitrogens is 3. The Morgan fingerprint density at radius 3 is 2.45 bits per heavy atom. The highest BCUT2D eigenvalue weighted by Crippen LogP contribution is 2.19. The van der Waals surface area contributed by atoms with Gasteiger partial charge in [0.2, 0.25) is 5.95 Å². The van der Waals surface area contributed by atoms with E-state index in [1.54, 1.807) is 0 Å². The zero-order valence-corrected chi connectivity index (χ0v) is 12.1. The molecule has 0 radical (unpaired) electrons. The summed E-state index contributed by atoms with van der Waals surface area (Å²) >= 11 is 5.74. The monoisotopic (exact) mass is 298 g/mol. The van der Waals surface area contributed by atoms with Crippen LogP contribution in [0.25, 0.3) is 0 Å². The van der Waals surface area contributed by atoms with Crippen LogP contribution in [0.1, 0.15) is 12.8 Å². The van der Waals surface area contributed by atoms with E-state index in [-0.39, 0.29) is 11.0 Å². The molecule has 1 aromatic rings. The highest BCUT2D eigenvalue weighted by atomic mass is 35.5. The standard InChI is InChI=1S/C12H19ClN6O/c13-10-11(14)15-12(17-16-10)19-5-3-18(4-6-19)9-1-7-20-8-2-9/h9H,1-8H2,(H2,14,15,17). The number of hydrogen-bond acceptors (Lipinski definition) is 7. The first-order valence-corrected chi connectivity index (χ1v) is 7.34. The van der Waals surface area contributed by atoms with E-state index in [1.165, 1.54) is 0 Å². The van der Waals surface area contributed by atoms with E-state index in [9.17, 15) is 0 Å². The summed E-state index contributed by atoms with van der Waals surface area (Å²) in [5.41, 5.74) is 5.67. The molecule has 0 amide bonds. The van der Waals surface area contributed by atoms with Gasteiger partial charge in [-0.05, 0) is 12.8 Å². The maximum Gasteiger partial charge on any atom is 0.247 e. The minimum atomic E-state index is 0.162. The van der Waals surface area contributed by atoms with Crippen molar-refractivity contribution in [2.24, 2.45) is 0 Å². The van der Waals surface area contributed by atoms with Crippen molar-refractivity contribution in [3.8, 4) is 0 Å². The zero-order chi connectivity index (χ0) is 13.9. The average molecular weight is 299 g/mol. The largest absolute Gasteiger partial charge is 0.381 e. The quantitative estimate of drug-likeness (QED) is 0.847. The van der Waals surface area contributed by atoms with Crippen LogP contribution >= 0.6 is 11.6 Å². The van der Waals surface area contributed by atoms with E-state index in [4.69, 9.17) is 22.1 Å². The van der Waals surface area contributed by atoms with E-state index in [1.807, 2.05) is 0 Å². The molecule has 2 aliphatic rings. The summed E-state index contributed by atoms with van der Waals surface area (Å²) in [5.74, 6) is 0.807. The molecule has 0 unspecified atom stereocenters. The summed E-state index contributed by atoms with van der Waals surface area (Å²) in [4.78, 5) is 8.83. The third kappa shape index (κ3) is 2.94. The number of piperazine rings is 1. The normalized spacial score (nSPS) is 22.1. The molecule has 0 bridgehead atoms. The lowest BCUT2D eigenvalue weighted by Crippen LogP contribution is -2.52. The molecular formula is C12H19ClN6O. The van der Waals surface area contributed by atoms with Gasteiger partial charge in [0, 0.05) is 45.4 Å². The Morgan fingerprint density at radius 1 is 1.10 bits per heavy atom. The Balaban J connectivity index is 1.58.